The van der Waals surface area contributed by atoms with Crippen molar-refractivity contribution in [1.29, 1.82) is 0 Å². The first-order chi connectivity index (χ1) is 15.5. The van der Waals surface area contributed by atoms with Crippen LogP contribution >= 0.6 is 22.9 Å². The standard InChI is InChI=1S/C26H27ClN2O2S/c1-28(25(30)22-12-15-32-18-22)24(16-19-6-3-2-4-7-19)20-10-13-29(14-11-20)26(31)21-8-5-9-23(27)17-21/h2-9,12,15,17-18,20,24H,10-11,13-14,16H2,1H3/t24-/m1/s1. The number of halogens is 1. The van der Waals surface area contributed by atoms with Gasteiger partial charge in [0.2, 0.25) is 0 Å². The van der Waals surface area contributed by atoms with E-state index in [1.165, 1.54) is 16.9 Å². The Morgan fingerprint density at radius 1 is 1.06 bits per heavy atom. The topological polar surface area (TPSA) is 40.6 Å². The van der Waals surface area contributed by atoms with E-state index in [0.29, 0.717) is 29.6 Å². The second kappa shape index (κ2) is 10.3. The minimum Gasteiger partial charge on any atom is -0.339 e. The lowest BCUT2D eigenvalue weighted by atomic mass is 9.84. The minimum absolute atomic E-state index is 0.0215. The number of piperidine rings is 1. The predicted molar refractivity (Wildman–Crippen MR) is 130 cm³/mol. The third kappa shape index (κ3) is 5.22. The summed E-state index contributed by atoms with van der Waals surface area (Å²) < 4.78 is 0. The van der Waals surface area contributed by atoms with Crippen molar-refractivity contribution in [3.8, 4) is 0 Å². The number of amides is 2. The number of nitrogens with zero attached hydrogens (tertiary/aromatic N) is 2. The van der Waals surface area contributed by atoms with Crippen LogP contribution in [0.25, 0.3) is 0 Å². The second-order valence-electron chi connectivity index (χ2n) is 8.33. The largest absolute Gasteiger partial charge is 0.339 e. The van der Waals surface area contributed by atoms with Crippen LogP contribution in [0.1, 0.15) is 39.1 Å². The molecule has 1 aromatic heterocycles. The zero-order valence-corrected chi connectivity index (χ0v) is 19.7. The van der Waals surface area contributed by atoms with E-state index in [9.17, 15) is 9.59 Å². The van der Waals surface area contributed by atoms with Crippen LogP contribution in [0, 0.1) is 5.92 Å². The van der Waals surface area contributed by atoms with Crippen LogP contribution in [0.5, 0.6) is 0 Å². The van der Waals surface area contributed by atoms with Gasteiger partial charge in [-0.3, -0.25) is 9.59 Å². The van der Waals surface area contributed by atoms with Crippen molar-refractivity contribution in [2.24, 2.45) is 5.92 Å². The SMILES string of the molecule is CN(C(=O)c1ccsc1)[C@H](Cc1ccccc1)C1CCN(C(=O)c2cccc(Cl)c2)CC1. The lowest BCUT2D eigenvalue weighted by molar-refractivity contribution is 0.0522. The van der Waals surface area contributed by atoms with Gasteiger partial charge in [0.1, 0.15) is 0 Å². The zero-order valence-electron chi connectivity index (χ0n) is 18.1. The van der Waals surface area contributed by atoms with E-state index in [1.54, 1.807) is 12.1 Å². The number of carbonyl (C=O) groups is 2. The average Bonchev–Trinajstić information content (AvgIpc) is 3.37. The van der Waals surface area contributed by atoms with Gasteiger partial charge in [0.25, 0.3) is 11.8 Å². The van der Waals surface area contributed by atoms with E-state index in [4.69, 9.17) is 11.6 Å². The fourth-order valence-electron chi connectivity index (χ4n) is 4.51. The summed E-state index contributed by atoms with van der Waals surface area (Å²) >= 11 is 7.61. The van der Waals surface area contributed by atoms with E-state index < -0.39 is 0 Å². The Bertz CT molecular complexity index is 1050. The molecule has 0 saturated carbocycles. The molecule has 0 radical (unpaired) electrons. The molecule has 0 bridgehead atoms. The van der Waals surface area contributed by atoms with Gasteiger partial charge in [-0.1, -0.05) is 48.0 Å². The minimum atomic E-state index is 0.0215. The molecule has 3 aromatic rings. The van der Waals surface area contributed by atoms with Gasteiger partial charge in [-0.2, -0.15) is 11.3 Å². The summed E-state index contributed by atoms with van der Waals surface area (Å²) in [7, 11) is 1.91. The summed E-state index contributed by atoms with van der Waals surface area (Å²) in [6.45, 7) is 1.36. The van der Waals surface area contributed by atoms with E-state index >= 15 is 0 Å². The van der Waals surface area contributed by atoms with Crippen molar-refractivity contribution in [3.63, 3.8) is 0 Å². The molecule has 1 saturated heterocycles. The van der Waals surface area contributed by atoms with Crippen molar-refractivity contribution < 1.29 is 9.59 Å². The fourth-order valence-corrected chi connectivity index (χ4v) is 5.33. The Hall–Kier alpha value is -2.63. The number of likely N-dealkylation sites (N-methyl/N-ethyl adjacent to an activating group) is 1. The molecule has 0 unspecified atom stereocenters. The lowest BCUT2D eigenvalue weighted by Gasteiger charge is -2.40. The van der Waals surface area contributed by atoms with Crippen molar-refractivity contribution in [1.82, 2.24) is 9.80 Å². The molecule has 4 rings (SSSR count). The zero-order chi connectivity index (χ0) is 22.5. The molecule has 0 spiro atoms. The van der Waals surface area contributed by atoms with Gasteiger partial charge in [0, 0.05) is 42.1 Å². The van der Waals surface area contributed by atoms with E-state index in [1.807, 2.05) is 64.0 Å². The lowest BCUT2D eigenvalue weighted by Crippen LogP contribution is -2.48. The molecular formula is C26H27ClN2O2S. The first-order valence-corrected chi connectivity index (χ1v) is 12.2. The second-order valence-corrected chi connectivity index (χ2v) is 9.54. The fraction of sp³-hybridized carbons (Fsp3) is 0.308. The molecule has 1 fully saturated rings. The molecule has 6 heteroatoms. The van der Waals surface area contributed by atoms with Crippen molar-refractivity contribution in [2.75, 3.05) is 20.1 Å². The third-order valence-electron chi connectivity index (χ3n) is 6.32. The van der Waals surface area contributed by atoms with E-state index in [0.717, 1.165) is 24.8 Å². The number of rotatable bonds is 6. The van der Waals surface area contributed by atoms with E-state index in [-0.39, 0.29) is 17.9 Å². The summed E-state index contributed by atoms with van der Waals surface area (Å²) in [6.07, 6.45) is 2.54. The van der Waals surface area contributed by atoms with Crippen LogP contribution in [0.2, 0.25) is 5.02 Å². The Kier molecular flexibility index (Phi) is 7.28. The number of carbonyl (C=O) groups excluding carboxylic acids is 2. The molecular weight excluding hydrogens is 440 g/mol. The Morgan fingerprint density at radius 2 is 1.81 bits per heavy atom. The highest BCUT2D eigenvalue weighted by molar-refractivity contribution is 7.08. The van der Waals surface area contributed by atoms with Gasteiger partial charge in [0.15, 0.2) is 0 Å². The van der Waals surface area contributed by atoms with Crippen LogP contribution in [0.4, 0.5) is 0 Å². The number of benzene rings is 2. The highest BCUT2D eigenvalue weighted by atomic mass is 35.5. The van der Waals surface area contributed by atoms with Crippen LogP contribution in [0.3, 0.4) is 0 Å². The van der Waals surface area contributed by atoms with Crippen LogP contribution in [-0.4, -0.2) is 47.8 Å². The number of hydrogen-bond donors (Lipinski definition) is 0. The summed E-state index contributed by atoms with van der Waals surface area (Å²) in [5.41, 5.74) is 2.59. The first-order valence-electron chi connectivity index (χ1n) is 10.9. The molecule has 1 aliphatic heterocycles. The van der Waals surface area contributed by atoms with Crippen molar-refractivity contribution >= 4 is 34.8 Å². The number of hydrogen-bond acceptors (Lipinski definition) is 3. The maximum absolute atomic E-state index is 13.1. The van der Waals surface area contributed by atoms with Gasteiger partial charge in [-0.15, -0.1) is 0 Å². The molecule has 4 nitrogen and oxygen atoms in total. The number of thiophene rings is 1. The van der Waals surface area contributed by atoms with Crippen LogP contribution < -0.4 is 0 Å². The average molecular weight is 467 g/mol. The third-order valence-corrected chi connectivity index (χ3v) is 7.23. The molecule has 2 heterocycles. The van der Waals surface area contributed by atoms with E-state index in [2.05, 4.69) is 12.1 Å². The molecule has 0 aliphatic carbocycles. The Labute approximate surface area is 198 Å². The molecule has 0 N–H and O–H groups in total. The van der Waals surface area contributed by atoms with Gasteiger partial charge in [0.05, 0.1) is 5.56 Å². The summed E-state index contributed by atoms with van der Waals surface area (Å²) in [4.78, 5) is 29.9. The maximum atomic E-state index is 13.1. The van der Waals surface area contributed by atoms with Gasteiger partial charge >= 0.3 is 0 Å². The summed E-state index contributed by atoms with van der Waals surface area (Å²) in [5, 5.41) is 4.42. The van der Waals surface area contributed by atoms with Crippen molar-refractivity contribution in [2.45, 2.75) is 25.3 Å². The molecule has 2 amide bonds. The molecule has 2 aromatic carbocycles. The monoisotopic (exact) mass is 466 g/mol. The normalized spacial score (nSPS) is 15.4. The summed E-state index contributed by atoms with van der Waals surface area (Å²) in [6, 6.07) is 19.4. The highest BCUT2D eigenvalue weighted by Crippen LogP contribution is 2.28. The van der Waals surface area contributed by atoms with Crippen LogP contribution in [0.15, 0.2) is 71.4 Å². The smallest absolute Gasteiger partial charge is 0.254 e. The molecule has 1 aliphatic rings. The Morgan fingerprint density at radius 3 is 2.47 bits per heavy atom. The van der Waals surface area contributed by atoms with Crippen LogP contribution in [-0.2, 0) is 6.42 Å². The first kappa shape index (κ1) is 22.6. The molecule has 32 heavy (non-hydrogen) atoms. The quantitative estimate of drug-likeness (QED) is 0.471. The molecule has 1 atom stereocenters. The van der Waals surface area contributed by atoms with Gasteiger partial charge in [-0.25, -0.2) is 0 Å². The van der Waals surface area contributed by atoms with Gasteiger partial charge < -0.3 is 9.80 Å². The molecule has 166 valence electrons. The van der Waals surface area contributed by atoms with Gasteiger partial charge in [-0.05, 0) is 60.4 Å². The highest BCUT2D eigenvalue weighted by Gasteiger charge is 2.33. The maximum Gasteiger partial charge on any atom is 0.254 e. The summed E-state index contributed by atoms with van der Waals surface area (Å²) in [5.74, 6) is 0.407. The Balaban J connectivity index is 1.48. The number of likely N-dealkylation sites (tertiary alicyclic amines) is 1. The van der Waals surface area contributed by atoms with Crippen molar-refractivity contribution in [3.05, 3.63) is 93.1 Å². The predicted octanol–water partition coefficient (Wildman–Crippen LogP) is 5.64.